The van der Waals surface area contributed by atoms with Gasteiger partial charge in [-0.05, 0) is 63.8 Å². The molecule has 1 N–H and O–H groups in total. The number of benzene rings is 1. The summed E-state index contributed by atoms with van der Waals surface area (Å²) in [6, 6.07) is 7.50. The standard InChI is InChI=1S/C16H23FN2/c1-11-6-7-15(10-16(11)17)19-13-4-3-5-14(19)9-12(8-13)18-2/h6-7,10,12-14,18H,3-5,8-9H2,1-2H3. The van der Waals surface area contributed by atoms with Crippen molar-refractivity contribution in [1.82, 2.24) is 5.32 Å². The van der Waals surface area contributed by atoms with Gasteiger partial charge in [0.05, 0.1) is 0 Å². The highest BCUT2D eigenvalue weighted by molar-refractivity contribution is 5.51. The molecule has 1 aromatic rings. The van der Waals surface area contributed by atoms with E-state index in [4.69, 9.17) is 0 Å². The van der Waals surface area contributed by atoms with Gasteiger partial charge in [0.15, 0.2) is 0 Å². The largest absolute Gasteiger partial charge is 0.365 e. The van der Waals surface area contributed by atoms with Gasteiger partial charge in [-0.15, -0.1) is 0 Å². The van der Waals surface area contributed by atoms with Crippen molar-refractivity contribution in [2.75, 3.05) is 11.9 Å². The second-order valence-electron chi connectivity index (χ2n) is 6.04. The lowest BCUT2D eigenvalue weighted by Crippen LogP contribution is -2.56. The minimum atomic E-state index is -0.0775. The second-order valence-corrected chi connectivity index (χ2v) is 6.04. The van der Waals surface area contributed by atoms with Crippen LogP contribution in [-0.4, -0.2) is 25.2 Å². The first-order valence-corrected chi connectivity index (χ1v) is 7.41. The Morgan fingerprint density at radius 2 is 1.89 bits per heavy atom. The number of rotatable bonds is 2. The third kappa shape index (κ3) is 2.36. The molecule has 104 valence electrons. The van der Waals surface area contributed by atoms with Crippen molar-refractivity contribution in [1.29, 1.82) is 0 Å². The summed E-state index contributed by atoms with van der Waals surface area (Å²) >= 11 is 0. The summed E-state index contributed by atoms with van der Waals surface area (Å²) in [5, 5.41) is 3.42. The average molecular weight is 262 g/mol. The third-order valence-electron chi connectivity index (χ3n) is 4.84. The highest BCUT2D eigenvalue weighted by atomic mass is 19.1. The molecule has 2 unspecified atom stereocenters. The Labute approximate surface area is 115 Å². The normalized spacial score (nSPS) is 30.5. The fourth-order valence-electron chi connectivity index (χ4n) is 3.78. The van der Waals surface area contributed by atoms with Crippen LogP contribution in [0.4, 0.5) is 10.1 Å². The molecule has 0 radical (unpaired) electrons. The highest BCUT2D eigenvalue weighted by Gasteiger charge is 2.37. The number of piperidine rings is 2. The van der Waals surface area contributed by atoms with Crippen LogP contribution in [0, 0.1) is 12.7 Å². The minimum Gasteiger partial charge on any atom is -0.365 e. The van der Waals surface area contributed by atoms with Crippen LogP contribution >= 0.6 is 0 Å². The van der Waals surface area contributed by atoms with Gasteiger partial charge in [-0.2, -0.15) is 0 Å². The summed E-state index contributed by atoms with van der Waals surface area (Å²) in [6.07, 6.45) is 6.16. The van der Waals surface area contributed by atoms with Gasteiger partial charge in [0, 0.05) is 23.8 Å². The lowest BCUT2D eigenvalue weighted by atomic mass is 9.81. The van der Waals surface area contributed by atoms with Crippen LogP contribution < -0.4 is 10.2 Å². The first-order valence-electron chi connectivity index (χ1n) is 7.41. The highest BCUT2D eigenvalue weighted by Crippen LogP contribution is 2.38. The smallest absolute Gasteiger partial charge is 0.128 e. The molecule has 19 heavy (non-hydrogen) atoms. The maximum Gasteiger partial charge on any atom is 0.128 e. The molecule has 3 rings (SSSR count). The molecule has 0 aromatic heterocycles. The van der Waals surface area contributed by atoms with Crippen LogP contribution in [-0.2, 0) is 0 Å². The summed E-state index contributed by atoms with van der Waals surface area (Å²) in [7, 11) is 2.06. The average Bonchev–Trinajstić information content (AvgIpc) is 2.40. The molecule has 2 aliphatic heterocycles. The summed E-state index contributed by atoms with van der Waals surface area (Å²) in [5.74, 6) is -0.0775. The molecule has 3 heteroatoms. The summed E-state index contributed by atoms with van der Waals surface area (Å²) in [6.45, 7) is 1.83. The van der Waals surface area contributed by atoms with E-state index in [1.54, 1.807) is 6.07 Å². The van der Waals surface area contributed by atoms with Gasteiger partial charge in [0.2, 0.25) is 0 Å². The first-order chi connectivity index (χ1) is 9.19. The van der Waals surface area contributed by atoms with Gasteiger partial charge in [0.25, 0.3) is 0 Å². The Bertz CT molecular complexity index is 446. The van der Waals surface area contributed by atoms with Crippen LogP contribution in [0.1, 0.15) is 37.7 Å². The monoisotopic (exact) mass is 262 g/mol. The van der Waals surface area contributed by atoms with Crippen LogP contribution in [0.2, 0.25) is 0 Å². The molecule has 1 aromatic carbocycles. The molecule has 0 spiro atoms. The van der Waals surface area contributed by atoms with Crippen molar-refractivity contribution in [2.24, 2.45) is 0 Å². The Morgan fingerprint density at radius 3 is 2.47 bits per heavy atom. The molecule has 2 bridgehead atoms. The van der Waals surface area contributed by atoms with Crippen molar-refractivity contribution in [3.05, 3.63) is 29.6 Å². The van der Waals surface area contributed by atoms with Crippen LogP contribution in [0.5, 0.6) is 0 Å². The number of aryl methyl sites for hydroxylation is 1. The second kappa shape index (κ2) is 5.12. The lowest BCUT2D eigenvalue weighted by molar-refractivity contribution is 0.252. The van der Waals surface area contributed by atoms with E-state index >= 15 is 0 Å². The third-order valence-corrected chi connectivity index (χ3v) is 4.84. The number of nitrogens with one attached hydrogen (secondary N) is 1. The van der Waals surface area contributed by atoms with E-state index in [-0.39, 0.29) is 5.82 Å². The SMILES string of the molecule is CNC1CC2CCCC(C1)N2c1ccc(C)c(F)c1. The molecule has 0 amide bonds. The molecule has 0 aliphatic carbocycles. The van der Waals surface area contributed by atoms with Gasteiger partial charge < -0.3 is 10.2 Å². The minimum absolute atomic E-state index is 0.0775. The lowest BCUT2D eigenvalue weighted by Gasteiger charge is -2.50. The van der Waals surface area contributed by atoms with E-state index in [1.807, 2.05) is 13.0 Å². The van der Waals surface area contributed by atoms with Crippen molar-refractivity contribution >= 4 is 5.69 Å². The van der Waals surface area contributed by atoms with Gasteiger partial charge >= 0.3 is 0 Å². The number of halogens is 1. The molecule has 2 aliphatic rings. The zero-order valence-corrected chi connectivity index (χ0v) is 11.8. The van der Waals surface area contributed by atoms with Crippen molar-refractivity contribution in [3.63, 3.8) is 0 Å². The number of hydrogen-bond donors (Lipinski definition) is 1. The topological polar surface area (TPSA) is 15.3 Å². The van der Waals surface area contributed by atoms with Crippen LogP contribution in [0.25, 0.3) is 0 Å². The van der Waals surface area contributed by atoms with Crippen molar-refractivity contribution in [2.45, 2.75) is 57.2 Å². The number of anilines is 1. The van der Waals surface area contributed by atoms with Crippen LogP contribution in [0.15, 0.2) is 18.2 Å². The molecular formula is C16H23FN2. The Balaban J connectivity index is 1.89. The molecule has 2 atom stereocenters. The fraction of sp³-hybridized carbons (Fsp3) is 0.625. The Hall–Kier alpha value is -1.09. The van der Waals surface area contributed by atoms with Gasteiger partial charge in [-0.25, -0.2) is 4.39 Å². The van der Waals surface area contributed by atoms with Gasteiger partial charge in [-0.3, -0.25) is 0 Å². The maximum absolute atomic E-state index is 13.8. The molecule has 2 saturated heterocycles. The molecule has 2 fully saturated rings. The molecule has 2 heterocycles. The molecule has 2 nitrogen and oxygen atoms in total. The Kier molecular flexibility index (Phi) is 3.48. The molecule has 0 saturated carbocycles. The fourth-order valence-corrected chi connectivity index (χ4v) is 3.78. The van der Waals surface area contributed by atoms with E-state index in [2.05, 4.69) is 23.3 Å². The maximum atomic E-state index is 13.8. The van der Waals surface area contributed by atoms with Crippen molar-refractivity contribution < 1.29 is 4.39 Å². The van der Waals surface area contributed by atoms with Crippen molar-refractivity contribution in [3.8, 4) is 0 Å². The zero-order chi connectivity index (χ0) is 13.4. The van der Waals surface area contributed by atoms with Gasteiger partial charge in [-0.1, -0.05) is 6.07 Å². The van der Waals surface area contributed by atoms with Crippen LogP contribution in [0.3, 0.4) is 0 Å². The van der Waals surface area contributed by atoms with Gasteiger partial charge in [0.1, 0.15) is 5.82 Å². The zero-order valence-electron chi connectivity index (χ0n) is 11.8. The summed E-state index contributed by atoms with van der Waals surface area (Å²) in [5.41, 5.74) is 1.81. The first kappa shape index (κ1) is 12.9. The van der Waals surface area contributed by atoms with E-state index in [9.17, 15) is 4.39 Å². The van der Waals surface area contributed by atoms with E-state index in [0.29, 0.717) is 18.1 Å². The number of fused-ring (bicyclic) bond motifs is 2. The quantitative estimate of drug-likeness (QED) is 0.880. The van der Waals surface area contributed by atoms with E-state index in [1.165, 1.54) is 32.1 Å². The number of nitrogens with zero attached hydrogens (tertiary/aromatic N) is 1. The summed E-state index contributed by atoms with van der Waals surface area (Å²) < 4.78 is 13.8. The number of hydrogen-bond acceptors (Lipinski definition) is 2. The Morgan fingerprint density at radius 1 is 1.21 bits per heavy atom. The molecular weight excluding hydrogens is 239 g/mol. The predicted octanol–water partition coefficient (Wildman–Crippen LogP) is 3.24. The van der Waals surface area contributed by atoms with E-state index in [0.717, 1.165) is 11.3 Å². The van der Waals surface area contributed by atoms with E-state index < -0.39 is 0 Å². The predicted molar refractivity (Wildman–Crippen MR) is 77.1 cm³/mol. The summed E-state index contributed by atoms with van der Waals surface area (Å²) in [4.78, 5) is 2.49.